The van der Waals surface area contributed by atoms with Gasteiger partial charge in [0.2, 0.25) is 0 Å². The van der Waals surface area contributed by atoms with Crippen molar-refractivity contribution in [3.8, 4) is 0 Å². The molecule has 1 rings (SSSR count). The van der Waals surface area contributed by atoms with Gasteiger partial charge in [-0.1, -0.05) is 0 Å². The van der Waals surface area contributed by atoms with Crippen LogP contribution < -0.4 is 0 Å². The zero-order chi connectivity index (χ0) is 13.8. The highest BCUT2D eigenvalue weighted by molar-refractivity contribution is 9.11. The summed E-state index contributed by atoms with van der Waals surface area (Å²) in [5.41, 5.74) is 0. The van der Waals surface area contributed by atoms with E-state index >= 15 is 0 Å². The van der Waals surface area contributed by atoms with Crippen molar-refractivity contribution in [1.29, 1.82) is 0 Å². The largest absolute Gasteiger partial charge is 0.391 e. The molecule has 0 N–H and O–H groups in total. The highest BCUT2D eigenvalue weighted by atomic mass is 79.9. The van der Waals surface area contributed by atoms with E-state index in [2.05, 4.69) is 32.6 Å². The van der Waals surface area contributed by atoms with Crippen LogP contribution in [0, 0.1) is 5.92 Å². The van der Waals surface area contributed by atoms with Gasteiger partial charge < -0.3 is 4.90 Å². The molecule has 0 bridgehead atoms. The normalized spacial score (nSPS) is 20.2. The van der Waals surface area contributed by atoms with Crippen molar-refractivity contribution in [2.75, 3.05) is 13.1 Å². The van der Waals surface area contributed by atoms with Gasteiger partial charge in [-0.2, -0.15) is 13.2 Å². The van der Waals surface area contributed by atoms with Gasteiger partial charge in [-0.25, -0.2) is 4.99 Å². The van der Waals surface area contributed by atoms with E-state index in [1.54, 1.807) is 6.92 Å². The molecule has 0 atom stereocenters. The predicted octanol–water partition coefficient (Wildman–Crippen LogP) is 3.57. The van der Waals surface area contributed by atoms with Crippen LogP contribution in [0.1, 0.15) is 19.8 Å². The van der Waals surface area contributed by atoms with Gasteiger partial charge in [-0.05, 0) is 42.4 Å². The van der Waals surface area contributed by atoms with Crippen molar-refractivity contribution in [3.63, 3.8) is 0 Å². The van der Waals surface area contributed by atoms with Crippen molar-refractivity contribution in [2.24, 2.45) is 15.9 Å². The molecule has 0 saturated carbocycles. The lowest BCUT2D eigenvalue weighted by Crippen LogP contribution is -2.41. The molecule has 0 aromatic rings. The van der Waals surface area contributed by atoms with Crippen LogP contribution in [0.3, 0.4) is 0 Å². The molecule has 0 aromatic carbocycles. The number of nitrogens with zero attached hydrogens (tertiary/aromatic N) is 3. The average molecular weight is 326 g/mol. The highest BCUT2D eigenvalue weighted by Crippen LogP contribution is 2.34. The highest BCUT2D eigenvalue weighted by Gasteiger charge is 2.41. The molecule has 0 aliphatic carbocycles. The summed E-state index contributed by atoms with van der Waals surface area (Å²) in [4.78, 5) is 9.58. The Kier molecular flexibility index (Phi) is 5.37. The molecule has 1 fully saturated rings. The maximum Gasteiger partial charge on any atom is 0.391 e. The van der Waals surface area contributed by atoms with Crippen molar-refractivity contribution in [2.45, 2.75) is 25.9 Å². The zero-order valence-corrected chi connectivity index (χ0v) is 11.6. The summed E-state index contributed by atoms with van der Waals surface area (Å²) in [6.45, 7) is 5.85. The summed E-state index contributed by atoms with van der Waals surface area (Å²) in [7, 11) is 0. The van der Waals surface area contributed by atoms with Crippen LogP contribution in [0.25, 0.3) is 0 Å². The number of amidine groups is 1. The molecule has 1 saturated heterocycles. The minimum Gasteiger partial charge on any atom is -0.360 e. The molecular weight excluding hydrogens is 311 g/mol. The van der Waals surface area contributed by atoms with Gasteiger partial charge in [0.05, 0.1) is 12.1 Å². The lowest BCUT2D eigenvalue weighted by Gasteiger charge is -2.33. The van der Waals surface area contributed by atoms with Crippen LogP contribution in [0.2, 0.25) is 0 Å². The number of piperidine rings is 1. The molecule has 18 heavy (non-hydrogen) atoms. The third-order valence-electron chi connectivity index (χ3n) is 2.92. The number of hydrogen-bond acceptors (Lipinski definition) is 2. The van der Waals surface area contributed by atoms with E-state index in [4.69, 9.17) is 0 Å². The van der Waals surface area contributed by atoms with E-state index in [0.717, 1.165) is 0 Å². The van der Waals surface area contributed by atoms with Crippen LogP contribution in [0.4, 0.5) is 13.2 Å². The van der Waals surface area contributed by atoms with Gasteiger partial charge in [0.15, 0.2) is 0 Å². The Balaban J connectivity index is 2.55. The minimum atomic E-state index is -4.08. The SMILES string of the molecule is C=N/C(Br)=C\N=C(C)N1CCC(C(F)(F)F)CC1. The Hall–Kier alpha value is -0.850. The Morgan fingerprint density at radius 2 is 1.94 bits per heavy atom. The van der Waals surface area contributed by atoms with Gasteiger partial charge >= 0.3 is 6.18 Å². The van der Waals surface area contributed by atoms with Gasteiger partial charge in [-0.3, -0.25) is 4.99 Å². The third kappa shape index (κ3) is 4.44. The van der Waals surface area contributed by atoms with E-state index in [-0.39, 0.29) is 12.8 Å². The lowest BCUT2D eigenvalue weighted by atomic mass is 9.96. The molecule has 3 nitrogen and oxygen atoms in total. The van der Waals surface area contributed by atoms with Gasteiger partial charge in [0, 0.05) is 13.1 Å². The quantitative estimate of drug-likeness (QED) is 0.433. The smallest absolute Gasteiger partial charge is 0.360 e. The molecule has 1 aliphatic heterocycles. The van der Waals surface area contributed by atoms with Gasteiger partial charge in [0.25, 0.3) is 0 Å². The summed E-state index contributed by atoms with van der Waals surface area (Å²) in [5, 5.41) is 0. The number of rotatable bonds is 2. The summed E-state index contributed by atoms with van der Waals surface area (Å²) in [6.07, 6.45) is -2.34. The summed E-state index contributed by atoms with van der Waals surface area (Å²) >= 11 is 3.12. The van der Waals surface area contributed by atoms with Crippen LogP contribution in [0.5, 0.6) is 0 Å². The molecule has 1 heterocycles. The number of hydrogen-bond donors (Lipinski definition) is 0. The summed E-state index contributed by atoms with van der Waals surface area (Å²) in [6, 6.07) is 0. The standard InChI is InChI=1S/C11H15BrF3N3/c1-8(17-7-10(12)16-2)18-5-3-9(4-6-18)11(13,14)15/h7,9H,2-6H2,1H3/b10-7-,17-8?. The first-order valence-corrected chi connectivity index (χ1v) is 6.32. The fourth-order valence-corrected chi connectivity index (χ4v) is 1.90. The number of halogens is 4. The van der Waals surface area contributed by atoms with Gasteiger partial charge in [-0.15, -0.1) is 0 Å². The van der Waals surface area contributed by atoms with Crippen molar-refractivity contribution < 1.29 is 13.2 Å². The number of alkyl halides is 3. The molecule has 0 spiro atoms. The maximum absolute atomic E-state index is 12.5. The van der Waals surface area contributed by atoms with Crippen LogP contribution in [-0.2, 0) is 0 Å². The minimum absolute atomic E-state index is 0.126. The van der Waals surface area contributed by atoms with Crippen LogP contribution in [0.15, 0.2) is 20.8 Å². The fraction of sp³-hybridized carbons (Fsp3) is 0.636. The van der Waals surface area contributed by atoms with E-state index in [0.29, 0.717) is 23.5 Å². The first kappa shape index (κ1) is 15.2. The topological polar surface area (TPSA) is 28.0 Å². The summed E-state index contributed by atoms with van der Waals surface area (Å²) in [5.74, 6) is -0.491. The predicted molar refractivity (Wildman–Crippen MR) is 70.0 cm³/mol. The Bertz CT molecular complexity index is 355. The first-order valence-electron chi connectivity index (χ1n) is 5.53. The molecule has 7 heteroatoms. The van der Waals surface area contributed by atoms with Crippen LogP contribution >= 0.6 is 15.9 Å². The molecule has 0 aromatic heterocycles. The van der Waals surface area contributed by atoms with E-state index < -0.39 is 12.1 Å². The van der Waals surface area contributed by atoms with Crippen LogP contribution in [-0.4, -0.2) is 36.7 Å². The second kappa shape index (κ2) is 6.36. The second-order valence-corrected chi connectivity index (χ2v) is 4.90. The van der Waals surface area contributed by atoms with E-state index in [1.165, 1.54) is 6.20 Å². The van der Waals surface area contributed by atoms with Gasteiger partial charge in [0.1, 0.15) is 10.4 Å². The Morgan fingerprint density at radius 3 is 2.39 bits per heavy atom. The number of likely N-dealkylation sites (tertiary alicyclic amines) is 1. The third-order valence-corrected chi connectivity index (χ3v) is 3.38. The lowest BCUT2D eigenvalue weighted by molar-refractivity contribution is -0.183. The summed E-state index contributed by atoms with van der Waals surface area (Å²) < 4.78 is 37.9. The maximum atomic E-state index is 12.5. The molecular formula is C11H15BrF3N3. The fourth-order valence-electron chi connectivity index (χ4n) is 1.80. The molecule has 0 amide bonds. The Morgan fingerprint density at radius 1 is 1.39 bits per heavy atom. The van der Waals surface area contributed by atoms with E-state index in [9.17, 15) is 13.2 Å². The van der Waals surface area contributed by atoms with E-state index in [1.807, 2.05) is 4.90 Å². The molecule has 0 unspecified atom stereocenters. The van der Waals surface area contributed by atoms with Crippen molar-refractivity contribution in [1.82, 2.24) is 4.90 Å². The first-order chi connectivity index (χ1) is 8.34. The van der Waals surface area contributed by atoms with Crippen molar-refractivity contribution >= 4 is 28.5 Å². The molecule has 102 valence electrons. The second-order valence-electron chi connectivity index (χ2n) is 4.09. The Labute approximate surface area is 113 Å². The average Bonchev–Trinajstić information content (AvgIpc) is 2.34. The monoisotopic (exact) mass is 325 g/mol. The molecule has 1 aliphatic rings. The number of aliphatic imine (C=N–C) groups is 2. The van der Waals surface area contributed by atoms with Crippen molar-refractivity contribution in [3.05, 3.63) is 10.8 Å². The molecule has 0 radical (unpaired) electrons. The zero-order valence-electron chi connectivity index (χ0n) is 10.0.